The molecule has 0 radical (unpaired) electrons. The zero-order valence-corrected chi connectivity index (χ0v) is 13.7. The van der Waals surface area contributed by atoms with Crippen molar-refractivity contribution in [3.8, 4) is 11.3 Å². The number of aromatic nitrogens is 2. The minimum Gasteiger partial charge on any atom is -0.393 e. The van der Waals surface area contributed by atoms with Gasteiger partial charge in [0.05, 0.1) is 18.0 Å². The van der Waals surface area contributed by atoms with Crippen LogP contribution in [0.15, 0.2) is 48.7 Å². The number of nitrogens with zero attached hydrogens (tertiary/aromatic N) is 1. The number of fused-ring (bicyclic) bond motifs is 1. The van der Waals surface area contributed by atoms with Gasteiger partial charge < -0.3 is 10.4 Å². The van der Waals surface area contributed by atoms with E-state index in [0.29, 0.717) is 6.04 Å². The highest BCUT2D eigenvalue weighted by molar-refractivity contribution is 5.96. The molecule has 4 rings (SSSR count). The fourth-order valence-corrected chi connectivity index (χ4v) is 3.66. The Morgan fingerprint density at radius 3 is 2.71 bits per heavy atom. The maximum absolute atomic E-state index is 9.63. The quantitative estimate of drug-likeness (QED) is 0.688. The van der Waals surface area contributed by atoms with Crippen LogP contribution in [0.4, 0.5) is 0 Å². The van der Waals surface area contributed by atoms with Crippen LogP contribution in [-0.2, 0) is 6.54 Å². The standard InChI is InChI=1S/C20H23N3O/c24-17-10-8-16(9-11-17)21-12-15-13-22-23-20(15)19-7-3-5-14-4-1-2-6-18(14)19/h1-7,13,16-17,21,24H,8-12H2,(H,22,23). The maximum Gasteiger partial charge on any atom is 0.0701 e. The molecule has 3 aromatic rings. The highest BCUT2D eigenvalue weighted by Crippen LogP contribution is 2.29. The summed E-state index contributed by atoms with van der Waals surface area (Å²) in [6.07, 6.45) is 5.70. The summed E-state index contributed by atoms with van der Waals surface area (Å²) in [7, 11) is 0. The third kappa shape index (κ3) is 3.07. The van der Waals surface area contributed by atoms with Crippen LogP contribution in [0.25, 0.3) is 22.0 Å². The van der Waals surface area contributed by atoms with E-state index in [0.717, 1.165) is 37.9 Å². The topological polar surface area (TPSA) is 60.9 Å². The molecule has 0 amide bonds. The average Bonchev–Trinajstić information content (AvgIpc) is 3.09. The van der Waals surface area contributed by atoms with Crippen molar-refractivity contribution in [2.75, 3.05) is 0 Å². The van der Waals surface area contributed by atoms with Gasteiger partial charge in [-0.05, 0) is 36.5 Å². The van der Waals surface area contributed by atoms with Crippen molar-refractivity contribution in [2.24, 2.45) is 0 Å². The Bertz CT molecular complexity index is 813. The maximum atomic E-state index is 9.63. The van der Waals surface area contributed by atoms with Gasteiger partial charge in [-0.15, -0.1) is 0 Å². The van der Waals surface area contributed by atoms with Crippen LogP contribution in [0.5, 0.6) is 0 Å². The van der Waals surface area contributed by atoms with Gasteiger partial charge in [-0.25, -0.2) is 0 Å². The van der Waals surface area contributed by atoms with Gasteiger partial charge in [0.2, 0.25) is 0 Å². The van der Waals surface area contributed by atoms with Crippen LogP contribution in [0.2, 0.25) is 0 Å². The molecule has 4 nitrogen and oxygen atoms in total. The average molecular weight is 321 g/mol. The number of aliphatic hydroxyl groups is 1. The summed E-state index contributed by atoms with van der Waals surface area (Å²) < 4.78 is 0. The molecule has 1 aliphatic carbocycles. The number of rotatable bonds is 4. The normalized spacial score (nSPS) is 21.2. The third-order valence-corrected chi connectivity index (χ3v) is 5.05. The first-order chi connectivity index (χ1) is 11.8. The van der Waals surface area contributed by atoms with E-state index in [4.69, 9.17) is 0 Å². The smallest absolute Gasteiger partial charge is 0.0701 e. The number of benzene rings is 2. The minimum absolute atomic E-state index is 0.108. The first-order valence-electron chi connectivity index (χ1n) is 8.73. The van der Waals surface area contributed by atoms with E-state index < -0.39 is 0 Å². The highest BCUT2D eigenvalue weighted by Gasteiger charge is 2.19. The van der Waals surface area contributed by atoms with E-state index in [-0.39, 0.29) is 6.10 Å². The van der Waals surface area contributed by atoms with Crippen LogP contribution in [0.1, 0.15) is 31.2 Å². The molecule has 1 fully saturated rings. The lowest BCUT2D eigenvalue weighted by Gasteiger charge is -2.26. The predicted octanol–water partition coefficient (Wildman–Crippen LogP) is 3.62. The van der Waals surface area contributed by atoms with E-state index in [1.54, 1.807) is 0 Å². The molecule has 0 saturated heterocycles. The molecular formula is C20H23N3O. The van der Waals surface area contributed by atoms with Gasteiger partial charge in [0.25, 0.3) is 0 Å². The SMILES string of the molecule is OC1CCC(NCc2cn[nH]c2-c2cccc3ccccc23)CC1. The third-order valence-electron chi connectivity index (χ3n) is 5.05. The molecule has 1 heterocycles. The van der Waals surface area contributed by atoms with E-state index in [9.17, 15) is 5.11 Å². The van der Waals surface area contributed by atoms with Crippen molar-refractivity contribution < 1.29 is 5.11 Å². The Labute approximate surface area is 141 Å². The van der Waals surface area contributed by atoms with E-state index in [2.05, 4.69) is 58.0 Å². The van der Waals surface area contributed by atoms with Gasteiger partial charge in [0.15, 0.2) is 0 Å². The molecular weight excluding hydrogens is 298 g/mol. The number of nitrogens with one attached hydrogen (secondary N) is 2. The minimum atomic E-state index is -0.108. The summed E-state index contributed by atoms with van der Waals surface area (Å²) in [4.78, 5) is 0. The summed E-state index contributed by atoms with van der Waals surface area (Å²) >= 11 is 0. The summed E-state index contributed by atoms with van der Waals surface area (Å²) in [5.74, 6) is 0. The van der Waals surface area contributed by atoms with Crippen molar-refractivity contribution in [3.05, 3.63) is 54.2 Å². The summed E-state index contributed by atoms with van der Waals surface area (Å²) in [5.41, 5.74) is 3.48. The number of H-pyrrole nitrogens is 1. The Balaban J connectivity index is 1.56. The molecule has 0 unspecified atom stereocenters. The number of aromatic amines is 1. The van der Waals surface area contributed by atoms with E-state index >= 15 is 0 Å². The first-order valence-corrected chi connectivity index (χ1v) is 8.73. The molecule has 0 spiro atoms. The molecule has 1 saturated carbocycles. The molecule has 4 heteroatoms. The summed E-state index contributed by atoms with van der Waals surface area (Å²) in [6.45, 7) is 0.801. The molecule has 124 valence electrons. The first kappa shape index (κ1) is 15.4. The Kier molecular flexibility index (Phi) is 4.32. The molecule has 0 atom stereocenters. The van der Waals surface area contributed by atoms with E-state index in [1.807, 2.05) is 6.20 Å². The number of hydrogen-bond acceptors (Lipinski definition) is 3. The Morgan fingerprint density at radius 1 is 1.04 bits per heavy atom. The zero-order valence-electron chi connectivity index (χ0n) is 13.7. The van der Waals surface area contributed by atoms with Gasteiger partial charge in [-0.2, -0.15) is 5.10 Å². The van der Waals surface area contributed by atoms with E-state index in [1.165, 1.54) is 21.9 Å². The molecule has 1 aromatic heterocycles. The largest absolute Gasteiger partial charge is 0.393 e. The van der Waals surface area contributed by atoms with Crippen molar-refractivity contribution in [1.29, 1.82) is 0 Å². The van der Waals surface area contributed by atoms with Gasteiger partial charge in [-0.3, -0.25) is 5.10 Å². The Hall–Kier alpha value is -2.17. The van der Waals surface area contributed by atoms with Crippen LogP contribution < -0.4 is 5.32 Å². The summed E-state index contributed by atoms with van der Waals surface area (Å²) in [5, 5.41) is 23.2. The lowest BCUT2D eigenvalue weighted by Crippen LogP contribution is -2.34. The second-order valence-corrected chi connectivity index (χ2v) is 6.68. The van der Waals surface area contributed by atoms with Crippen molar-refractivity contribution in [1.82, 2.24) is 15.5 Å². The summed E-state index contributed by atoms with van der Waals surface area (Å²) in [6, 6.07) is 15.3. The lowest BCUT2D eigenvalue weighted by molar-refractivity contribution is 0.116. The molecule has 1 aliphatic rings. The van der Waals surface area contributed by atoms with Crippen LogP contribution >= 0.6 is 0 Å². The molecule has 3 N–H and O–H groups in total. The van der Waals surface area contributed by atoms with Crippen LogP contribution in [-0.4, -0.2) is 27.4 Å². The fourth-order valence-electron chi connectivity index (χ4n) is 3.66. The van der Waals surface area contributed by atoms with Crippen molar-refractivity contribution >= 4 is 10.8 Å². The zero-order chi connectivity index (χ0) is 16.4. The van der Waals surface area contributed by atoms with Gasteiger partial charge in [-0.1, -0.05) is 42.5 Å². The number of hydrogen-bond donors (Lipinski definition) is 3. The Morgan fingerprint density at radius 2 is 1.83 bits per heavy atom. The molecule has 24 heavy (non-hydrogen) atoms. The van der Waals surface area contributed by atoms with Gasteiger partial charge in [0.1, 0.15) is 0 Å². The second-order valence-electron chi connectivity index (χ2n) is 6.68. The molecule has 2 aromatic carbocycles. The van der Waals surface area contributed by atoms with Gasteiger partial charge in [0, 0.05) is 23.7 Å². The second kappa shape index (κ2) is 6.75. The molecule has 0 aliphatic heterocycles. The fraction of sp³-hybridized carbons (Fsp3) is 0.350. The van der Waals surface area contributed by atoms with Crippen LogP contribution in [0, 0.1) is 0 Å². The number of aliphatic hydroxyl groups excluding tert-OH is 1. The predicted molar refractivity (Wildman–Crippen MR) is 96.6 cm³/mol. The highest BCUT2D eigenvalue weighted by atomic mass is 16.3. The van der Waals surface area contributed by atoms with Crippen LogP contribution in [0.3, 0.4) is 0 Å². The van der Waals surface area contributed by atoms with Crippen molar-refractivity contribution in [3.63, 3.8) is 0 Å². The monoisotopic (exact) mass is 321 g/mol. The molecule has 0 bridgehead atoms. The van der Waals surface area contributed by atoms with Crippen molar-refractivity contribution in [2.45, 2.75) is 44.4 Å². The lowest BCUT2D eigenvalue weighted by atomic mass is 9.93. The van der Waals surface area contributed by atoms with Gasteiger partial charge >= 0.3 is 0 Å².